The van der Waals surface area contributed by atoms with Gasteiger partial charge in [-0.1, -0.05) is 25.7 Å². The van der Waals surface area contributed by atoms with E-state index in [9.17, 15) is 0 Å². The summed E-state index contributed by atoms with van der Waals surface area (Å²) in [4.78, 5) is 0. The molecule has 5 rings (SSSR count). The van der Waals surface area contributed by atoms with Crippen molar-refractivity contribution in [2.45, 2.75) is 151 Å². The zero-order valence-corrected chi connectivity index (χ0v) is 37.5. The fraction of sp³-hybridized carbons (Fsp3) is 0.829. The number of rotatable bonds is 11. The molecule has 0 aromatic heterocycles. The third-order valence-corrected chi connectivity index (χ3v) is 21.6. The first-order chi connectivity index (χ1) is 22.9. The Morgan fingerprint density at radius 1 is 0.521 bits per heavy atom. The predicted octanol–water partition coefficient (Wildman–Crippen LogP) is 11.9. The van der Waals surface area contributed by atoms with E-state index >= 15 is 0 Å². The van der Waals surface area contributed by atoms with E-state index in [0.717, 1.165) is 5.56 Å². The minimum atomic E-state index is -1.61. The third kappa shape index (κ3) is 18.7. The monoisotopic (exact) mass is 832 g/mol. The van der Waals surface area contributed by atoms with Crippen molar-refractivity contribution in [1.82, 2.24) is 0 Å². The number of hydrogen-bond donors (Lipinski definition) is 0. The summed E-state index contributed by atoms with van der Waals surface area (Å²) in [5, 5.41) is 0. The van der Waals surface area contributed by atoms with Gasteiger partial charge in [-0.05, 0) is 103 Å². The second-order valence-electron chi connectivity index (χ2n) is 17.7. The fourth-order valence-corrected chi connectivity index (χ4v) is 20.2. The number of quaternary nitrogens is 2. The maximum absolute atomic E-state index is 5.67. The summed E-state index contributed by atoms with van der Waals surface area (Å²) < 4.78 is 4.27. The Morgan fingerprint density at radius 2 is 0.812 bits per heavy atom. The van der Waals surface area contributed by atoms with Gasteiger partial charge in [0.1, 0.15) is 25.4 Å². The molecular weight excluding hydrogens is 754 g/mol. The van der Waals surface area contributed by atoms with Crippen LogP contribution in [-0.4, -0.2) is 104 Å². The summed E-state index contributed by atoms with van der Waals surface area (Å²) in [6, 6.07) is 9.89. The van der Waals surface area contributed by atoms with E-state index in [4.69, 9.17) is 19.4 Å². The van der Waals surface area contributed by atoms with Gasteiger partial charge in [0.05, 0.1) is 64.9 Å². The third-order valence-electron chi connectivity index (χ3n) is 11.7. The molecule has 4 aliphatic carbocycles. The van der Waals surface area contributed by atoms with Gasteiger partial charge in [0.15, 0.2) is 0 Å². The van der Waals surface area contributed by atoms with Gasteiger partial charge in [-0.2, -0.15) is 0 Å². The van der Waals surface area contributed by atoms with Crippen LogP contribution in [0.2, 0.25) is 0 Å². The molecule has 0 saturated heterocycles. The zero-order valence-electron chi connectivity index (χ0n) is 32.2. The van der Waals surface area contributed by atoms with Crippen LogP contribution in [0, 0.1) is 0 Å². The molecule has 4 saturated carbocycles. The van der Waals surface area contributed by atoms with Crippen molar-refractivity contribution < 1.29 is 22.5 Å². The molecule has 48 heavy (non-hydrogen) atoms. The predicted molar refractivity (Wildman–Crippen MR) is 223 cm³/mol. The SMILES string of the molecule is C[N+](C)(C)CC[PH+](C1CCCCC1)C1CCCCC1.C[N+](C)(C)CC[PH+](C1CCCCC1)C1CCCCC1.[Cl][Ru]([Cl])=[CH]c1ccccc1. The molecule has 280 valence electrons. The van der Waals surface area contributed by atoms with E-state index < -0.39 is 13.5 Å². The fourth-order valence-electron chi connectivity index (χ4n) is 8.92. The van der Waals surface area contributed by atoms with Gasteiger partial charge in [0.2, 0.25) is 0 Å². The first kappa shape index (κ1) is 43.5. The van der Waals surface area contributed by atoms with E-state index in [2.05, 4.69) is 42.3 Å². The molecule has 0 heterocycles. The molecule has 4 aliphatic rings. The van der Waals surface area contributed by atoms with Crippen molar-refractivity contribution in [2.75, 3.05) is 67.7 Å². The maximum atomic E-state index is 5.67. The van der Waals surface area contributed by atoms with Gasteiger partial charge in [-0.3, -0.25) is 0 Å². The van der Waals surface area contributed by atoms with Crippen molar-refractivity contribution in [2.24, 2.45) is 0 Å². The Morgan fingerprint density at radius 3 is 1.06 bits per heavy atom. The van der Waals surface area contributed by atoms with Gasteiger partial charge in [0, 0.05) is 15.8 Å². The molecule has 4 fully saturated rings. The summed E-state index contributed by atoms with van der Waals surface area (Å²) in [5.41, 5.74) is 5.81. The van der Waals surface area contributed by atoms with Gasteiger partial charge >= 0.3 is 73.4 Å². The van der Waals surface area contributed by atoms with E-state index in [1.807, 2.05) is 34.9 Å². The average Bonchev–Trinajstić information content (AvgIpc) is 3.07. The topological polar surface area (TPSA) is 0 Å². The van der Waals surface area contributed by atoms with E-state index in [-0.39, 0.29) is 15.8 Å². The number of hydrogen-bond acceptors (Lipinski definition) is 0. The molecule has 0 radical (unpaired) electrons. The average molecular weight is 833 g/mol. The molecular formula is C41H78Cl2N2P2Ru+4. The van der Waals surface area contributed by atoms with Crippen LogP contribution in [0.1, 0.15) is 134 Å². The molecule has 1 aromatic carbocycles. The molecule has 2 nitrogen and oxygen atoms in total. The number of nitrogens with zero attached hydrogens (tertiary/aromatic N) is 2. The molecule has 0 atom stereocenters. The Balaban J connectivity index is 0.000000205. The molecule has 0 unspecified atom stereocenters. The minimum absolute atomic E-state index is 0.0944. The quantitative estimate of drug-likeness (QED) is 0.118. The summed E-state index contributed by atoms with van der Waals surface area (Å²) >= 11 is -1.61. The molecule has 7 heteroatoms. The molecule has 1 aromatic rings. The first-order valence-corrected chi connectivity index (χ1v) is 29.3. The normalized spacial score (nSPS) is 21.2. The van der Waals surface area contributed by atoms with E-state index in [0.29, 0.717) is 0 Å². The van der Waals surface area contributed by atoms with Crippen LogP contribution >= 0.6 is 35.2 Å². The first-order valence-electron chi connectivity index (χ1n) is 20.1. The van der Waals surface area contributed by atoms with Gasteiger partial charge in [-0.25, -0.2) is 0 Å². The molecule has 0 N–H and O–H groups in total. The van der Waals surface area contributed by atoms with Crippen LogP contribution in [0.25, 0.3) is 0 Å². The Kier molecular flexibility index (Phi) is 21.4. The molecule has 0 aliphatic heterocycles. The van der Waals surface area contributed by atoms with Crippen molar-refractivity contribution in [3.05, 3.63) is 35.9 Å². The van der Waals surface area contributed by atoms with Crippen LogP contribution < -0.4 is 0 Å². The molecule has 0 amide bonds. The van der Waals surface area contributed by atoms with Crippen molar-refractivity contribution >= 4 is 39.8 Å². The second-order valence-corrected chi connectivity index (χ2v) is 30.0. The summed E-state index contributed by atoms with van der Waals surface area (Å²) in [6.45, 7) is 2.84. The number of halogens is 2. The molecule has 0 bridgehead atoms. The molecule has 0 spiro atoms. The second kappa shape index (κ2) is 23.7. The van der Waals surface area contributed by atoms with Crippen LogP contribution in [0.5, 0.6) is 0 Å². The van der Waals surface area contributed by atoms with Crippen molar-refractivity contribution in [3.63, 3.8) is 0 Å². The summed E-state index contributed by atoms with van der Waals surface area (Å²) in [6.07, 6.45) is 34.2. The zero-order chi connectivity index (χ0) is 34.8. The summed E-state index contributed by atoms with van der Waals surface area (Å²) in [7, 11) is 25.4. The van der Waals surface area contributed by atoms with Gasteiger partial charge in [0.25, 0.3) is 0 Å². The Hall–Kier alpha value is 1.07. The number of benzene rings is 1. The van der Waals surface area contributed by atoms with Crippen LogP contribution in [0.3, 0.4) is 0 Å². The van der Waals surface area contributed by atoms with E-state index in [1.165, 1.54) is 122 Å². The van der Waals surface area contributed by atoms with Gasteiger partial charge in [-0.15, -0.1) is 0 Å². The van der Waals surface area contributed by atoms with Crippen LogP contribution in [0.4, 0.5) is 0 Å². The Labute approximate surface area is 315 Å². The standard InChI is InChI=1S/2C17H35NP.C7H6.2ClH.Ru/c2*1-18(2,3)14-15-19(16-10-6-4-7-11-16)17-12-8-5-9-13-17;1-7-5-3-2-4-6-7;;;/h2*16-17H,4-15H2,1-3H3;1-6H;2*1H;/q2*+1;;;;+2. The summed E-state index contributed by atoms with van der Waals surface area (Å²) in [5.74, 6) is 0. The van der Waals surface area contributed by atoms with Gasteiger partial charge < -0.3 is 8.97 Å². The van der Waals surface area contributed by atoms with Crippen molar-refractivity contribution in [3.8, 4) is 0 Å². The van der Waals surface area contributed by atoms with Crippen LogP contribution in [-0.2, 0) is 13.5 Å². The van der Waals surface area contributed by atoms with Crippen molar-refractivity contribution in [1.29, 1.82) is 0 Å². The van der Waals surface area contributed by atoms with E-state index in [1.54, 1.807) is 63.7 Å². The van der Waals surface area contributed by atoms with Crippen LogP contribution in [0.15, 0.2) is 30.3 Å². The Bertz CT molecular complexity index is 894.